The van der Waals surface area contributed by atoms with Gasteiger partial charge in [0.1, 0.15) is 5.75 Å². The molecule has 2 saturated heterocycles. The van der Waals surface area contributed by atoms with Crippen LogP contribution in [0.25, 0.3) is 6.08 Å². The van der Waals surface area contributed by atoms with Crippen LogP contribution in [0.15, 0.2) is 52.4 Å². The standard InChI is InChI=1S/C25H26ClN3O4S/c1-3-11-33-21-8-7-19(26)14-18(21)16-22-24(31)28(2)25(34-22)27-20-6-4-5-17(15-20)23(30)29-9-12-32-13-10-29/h4-8,14-16H,3,9-13H2,1-2H3/b22-16+,27-25?. The lowest BCUT2D eigenvalue weighted by atomic mass is 10.1. The number of halogens is 1. The van der Waals surface area contributed by atoms with Crippen LogP contribution in [0.4, 0.5) is 5.69 Å². The monoisotopic (exact) mass is 499 g/mol. The third-order valence-electron chi connectivity index (χ3n) is 5.34. The molecular weight excluding hydrogens is 474 g/mol. The summed E-state index contributed by atoms with van der Waals surface area (Å²) in [6.45, 7) is 4.85. The summed E-state index contributed by atoms with van der Waals surface area (Å²) in [5.41, 5.74) is 1.91. The predicted octanol–water partition coefficient (Wildman–Crippen LogP) is 4.84. The number of carbonyl (C=O) groups excluding carboxylic acids is 2. The zero-order valence-electron chi connectivity index (χ0n) is 19.1. The number of amidine groups is 1. The van der Waals surface area contributed by atoms with Crippen LogP contribution in [0.1, 0.15) is 29.3 Å². The molecule has 0 atom stereocenters. The quantitative estimate of drug-likeness (QED) is 0.532. The summed E-state index contributed by atoms with van der Waals surface area (Å²) in [5, 5.41) is 1.10. The van der Waals surface area contributed by atoms with Gasteiger partial charge in [0.2, 0.25) is 0 Å². The van der Waals surface area contributed by atoms with Crippen LogP contribution in [0.2, 0.25) is 5.02 Å². The van der Waals surface area contributed by atoms with Crippen molar-refractivity contribution < 1.29 is 19.1 Å². The van der Waals surface area contributed by atoms with Crippen molar-refractivity contribution in [2.75, 3.05) is 40.0 Å². The molecule has 2 aliphatic rings. The number of aliphatic imine (C=N–C) groups is 1. The molecule has 34 heavy (non-hydrogen) atoms. The Morgan fingerprint density at radius 1 is 1.24 bits per heavy atom. The molecule has 2 amide bonds. The fourth-order valence-corrected chi connectivity index (χ4v) is 4.69. The molecular formula is C25H26ClN3O4S. The fourth-order valence-electron chi connectivity index (χ4n) is 3.54. The topological polar surface area (TPSA) is 71.4 Å². The minimum Gasteiger partial charge on any atom is -0.493 e. The predicted molar refractivity (Wildman–Crippen MR) is 136 cm³/mol. The molecule has 2 fully saturated rings. The summed E-state index contributed by atoms with van der Waals surface area (Å²) in [6.07, 6.45) is 2.65. The van der Waals surface area contributed by atoms with E-state index in [4.69, 9.17) is 21.1 Å². The normalized spacial score (nSPS) is 18.7. The number of thioether (sulfide) groups is 1. The lowest BCUT2D eigenvalue weighted by molar-refractivity contribution is -0.121. The van der Waals surface area contributed by atoms with E-state index in [1.165, 1.54) is 16.7 Å². The zero-order chi connectivity index (χ0) is 24.1. The van der Waals surface area contributed by atoms with Crippen molar-refractivity contribution in [1.29, 1.82) is 0 Å². The maximum atomic E-state index is 12.9. The van der Waals surface area contributed by atoms with Crippen LogP contribution in [0.3, 0.4) is 0 Å². The summed E-state index contributed by atoms with van der Waals surface area (Å²) < 4.78 is 11.1. The second kappa shape index (κ2) is 11.1. The number of benzene rings is 2. The molecule has 0 unspecified atom stereocenters. The number of amides is 2. The number of carbonyl (C=O) groups is 2. The van der Waals surface area contributed by atoms with Gasteiger partial charge in [0, 0.05) is 36.3 Å². The van der Waals surface area contributed by atoms with E-state index < -0.39 is 0 Å². The molecule has 4 rings (SSSR count). The lowest BCUT2D eigenvalue weighted by Gasteiger charge is -2.26. The average Bonchev–Trinajstić information content (AvgIpc) is 3.11. The molecule has 0 spiro atoms. The number of likely N-dealkylation sites (N-methyl/N-ethyl adjacent to an activating group) is 1. The number of hydrogen-bond acceptors (Lipinski definition) is 6. The molecule has 0 bridgehead atoms. The Balaban J connectivity index is 1.57. The Morgan fingerprint density at radius 2 is 2.03 bits per heavy atom. The second-order valence-corrected chi connectivity index (χ2v) is 9.30. The molecule has 2 aromatic carbocycles. The number of morpholine rings is 1. The van der Waals surface area contributed by atoms with Gasteiger partial charge < -0.3 is 14.4 Å². The van der Waals surface area contributed by atoms with Crippen molar-refractivity contribution in [2.24, 2.45) is 4.99 Å². The minimum absolute atomic E-state index is 0.0463. The summed E-state index contributed by atoms with van der Waals surface area (Å²) >= 11 is 7.46. The fraction of sp³-hybridized carbons (Fsp3) is 0.320. The van der Waals surface area contributed by atoms with Crippen LogP contribution >= 0.6 is 23.4 Å². The Labute approximate surface area is 208 Å². The lowest BCUT2D eigenvalue weighted by Crippen LogP contribution is -2.40. The third kappa shape index (κ3) is 5.63. The highest BCUT2D eigenvalue weighted by molar-refractivity contribution is 8.18. The molecule has 0 aliphatic carbocycles. The van der Waals surface area contributed by atoms with Gasteiger partial charge in [0.15, 0.2) is 5.17 Å². The first-order valence-electron chi connectivity index (χ1n) is 11.1. The number of hydrogen-bond donors (Lipinski definition) is 0. The van der Waals surface area contributed by atoms with E-state index in [1.807, 2.05) is 19.1 Å². The molecule has 0 radical (unpaired) electrons. The first-order chi connectivity index (χ1) is 16.5. The van der Waals surface area contributed by atoms with Gasteiger partial charge in [-0.3, -0.25) is 14.5 Å². The first-order valence-corrected chi connectivity index (χ1v) is 12.3. The maximum Gasteiger partial charge on any atom is 0.266 e. The van der Waals surface area contributed by atoms with Gasteiger partial charge in [0.25, 0.3) is 11.8 Å². The third-order valence-corrected chi connectivity index (χ3v) is 6.64. The summed E-state index contributed by atoms with van der Waals surface area (Å²) in [6, 6.07) is 12.5. The largest absolute Gasteiger partial charge is 0.493 e. The van der Waals surface area contributed by atoms with Gasteiger partial charge in [-0.05, 0) is 60.7 Å². The molecule has 0 aromatic heterocycles. The van der Waals surface area contributed by atoms with Crippen molar-refractivity contribution >= 4 is 52.1 Å². The molecule has 2 aliphatic heterocycles. The highest BCUT2D eigenvalue weighted by Gasteiger charge is 2.31. The summed E-state index contributed by atoms with van der Waals surface area (Å²) in [5.74, 6) is 0.468. The van der Waals surface area contributed by atoms with Crippen LogP contribution < -0.4 is 4.74 Å². The van der Waals surface area contributed by atoms with Crippen molar-refractivity contribution in [3.63, 3.8) is 0 Å². The SMILES string of the molecule is CCCOc1ccc(Cl)cc1/C=C1/SC(=Nc2cccc(C(=O)N3CCOCC3)c2)N(C)C1=O. The minimum atomic E-state index is -0.161. The van der Waals surface area contributed by atoms with E-state index in [2.05, 4.69) is 4.99 Å². The van der Waals surface area contributed by atoms with Crippen molar-refractivity contribution in [1.82, 2.24) is 9.80 Å². The van der Waals surface area contributed by atoms with Crippen LogP contribution in [-0.4, -0.2) is 66.7 Å². The van der Waals surface area contributed by atoms with E-state index in [1.54, 1.807) is 48.4 Å². The van der Waals surface area contributed by atoms with Crippen LogP contribution in [0, 0.1) is 0 Å². The Kier molecular flexibility index (Phi) is 7.92. The number of nitrogens with zero attached hydrogens (tertiary/aromatic N) is 3. The molecule has 9 heteroatoms. The van der Waals surface area contributed by atoms with Gasteiger partial charge in [-0.2, -0.15) is 0 Å². The van der Waals surface area contributed by atoms with Gasteiger partial charge in [0.05, 0.1) is 30.4 Å². The Hall–Kier alpha value is -2.81. The Morgan fingerprint density at radius 3 is 2.79 bits per heavy atom. The van der Waals surface area contributed by atoms with Crippen molar-refractivity contribution in [3.8, 4) is 5.75 Å². The Bertz CT molecular complexity index is 1140. The summed E-state index contributed by atoms with van der Waals surface area (Å²) in [4.78, 5) is 34.2. The summed E-state index contributed by atoms with van der Waals surface area (Å²) in [7, 11) is 1.68. The van der Waals surface area contributed by atoms with Gasteiger partial charge in [-0.1, -0.05) is 24.6 Å². The first kappa shape index (κ1) is 24.3. The molecule has 7 nitrogen and oxygen atoms in total. The highest BCUT2D eigenvalue weighted by atomic mass is 35.5. The smallest absolute Gasteiger partial charge is 0.266 e. The van der Waals surface area contributed by atoms with Gasteiger partial charge in [-0.25, -0.2) is 4.99 Å². The van der Waals surface area contributed by atoms with E-state index in [0.29, 0.717) is 65.0 Å². The maximum absolute atomic E-state index is 12.9. The zero-order valence-corrected chi connectivity index (χ0v) is 20.7. The van der Waals surface area contributed by atoms with Crippen molar-refractivity contribution in [2.45, 2.75) is 13.3 Å². The van der Waals surface area contributed by atoms with E-state index in [9.17, 15) is 9.59 Å². The van der Waals surface area contributed by atoms with E-state index in [0.717, 1.165) is 12.0 Å². The number of rotatable bonds is 6. The van der Waals surface area contributed by atoms with Crippen LogP contribution in [-0.2, 0) is 9.53 Å². The van der Waals surface area contributed by atoms with Gasteiger partial charge >= 0.3 is 0 Å². The average molecular weight is 500 g/mol. The highest BCUT2D eigenvalue weighted by Crippen LogP contribution is 2.35. The van der Waals surface area contributed by atoms with Gasteiger partial charge in [-0.15, -0.1) is 0 Å². The number of ether oxygens (including phenoxy) is 2. The van der Waals surface area contributed by atoms with Crippen LogP contribution in [0.5, 0.6) is 5.75 Å². The molecule has 178 valence electrons. The molecule has 0 saturated carbocycles. The van der Waals surface area contributed by atoms with E-state index >= 15 is 0 Å². The van der Waals surface area contributed by atoms with Crippen molar-refractivity contribution in [3.05, 3.63) is 63.5 Å². The molecule has 0 N–H and O–H groups in total. The molecule has 2 heterocycles. The van der Waals surface area contributed by atoms with E-state index in [-0.39, 0.29) is 11.8 Å². The molecule has 2 aromatic rings. The second-order valence-electron chi connectivity index (χ2n) is 7.85.